The molecule has 2 amide bonds. The van der Waals surface area contributed by atoms with Crippen LogP contribution in [0, 0.1) is 12.8 Å². The van der Waals surface area contributed by atoms with E-state index in [9.17, 15) is 9.59 Å². The summed E-state index contributed by atoms with van der Waals surface area (Å²) in [6, 6.07) is 21.6. The summed E-state index contributed by atoms with van der Waals surface area (Å²) in [4.78, 5) is 25.2. The smallest absolute Gasteiger partial charge is 0.261 e. The van der Waals surface area contributed by atoms with Gasteiger partial charge < -0.3 is 15.4 Å². The van der Waals surface area contributed by atoms with E-state index >= 15 is 0 Å². The highest BCUT2D eigenvalue weighted by atomic mass is 32.1. The number of hydrogen-bond donors (Lipinski definition) is 3. The first kappa shape index (κ1) is 24.9. The Morgan fingerprint density at radius 1 is 0.824 bits per heavy atom. The molecule has 0 saturated heterocycles. The van der Waals surface area contributed by atoms with Crippen LogP contribution in [0.25, 0.3) is 0 Å². The quantitative estimate of drug-likeness (QED) is 0.359. The van der Waals surface area contributed by atoms with Crippen molar-refractivity contribution in [2.24, 2.45) is 5.92 Å². The predicted molar refractivity (Wildman–Crippen MR) is 141 cm³/mol. The van der Waals surface area contributed by atoms with E-state index in [0.29, 0.717) is 40.8 Å². The van der Waals surface area contributed by atoms with Gasteiger partial charge >= 0.3 is 0 Å². The third-order valence-electron chi connectivity index (χ3n) is 5.10. The number of nitrogens with one attached hydrogen (secondary N) is 3. The second-order valence-electron chi connectivity index (χ2n) is 8.28. The highest BCUT2D eigenvalue weighted by molar-refractivity contribution is 7.80. The van der Waals surface area contributed by atoms with Crippen LogP contribution < -0.4 is 20.7 Å². The number of ether oxygens (including phenoxy) is 1. The summed E-state index contributed by atoms with van der Waals surface area (Å²) in [6.07, 6.45) is 0.900. The highest BCUT2D eigenvalue weighted by Crippen LogP contribution is 2.19. The van der Waals surface area contributed by atoms with Crippen molar-refractivity contribution in [2.45, 2.75) is 27.2 Å². The van der Waals surface area contributed by atoms with Crippen molar-refractivity contribution in [1.82, 2.24) is 5.32 Å². The minimum Gasteiger partial charge on any atom is -0.493 e. The molecular weight excluding hydrogens is 446 g/mol. The first-order chi connectivity index (χ1) is 16.3. The second kappa shape index (κ2) is 12.0. The number of carbonyl (C=O) groups excluding carboxylic acids is 2. The van der Waals surface area contributed by atoms with Crippen LogP contribution in [0.5, 0.6) is 5.75 Å². The van der Waals surface area contributed by atoms with Crippen molar-refractivity contribution in [3.05, 3.63) is 89.5 Å². The van der Waals surface area contributed by atoms with Crippen molar-refractivity contribution >= 4 is 40.5 Å². The van der Waals surface area contributed by atoms with Gasteiger partial charge in [-0.3, -0.25) is 14.9 Å². The fraction of sp³-hybridized carbons (Fsp3) is 0.222. The Kier molecular flexibility index (Phi) is 8.76. The molecule has 0 heterocycles. The van der Waals surface area contributed by atoms with Gasteiger partial charge in [-0.2, -0.15) is 0 Å². The van der Waals surface area contributed by atoms with E-state index < -0.39 is 0 Å². The molecule has 0 bridgehead atoms. The van der Waals surface area contributed by atoms with Crippen LogP contribution in [0.4, 0.5) is 11.4 Å². The number of amides is 2. The minimum atomic E-state index is -0.347. The number of rotatable bonds is 8. The molecule has 0 radical (unpaired) electrons. The van der Waals surface area contributed by atoms with Crippen LogP contribution in [-0.4, -0.2) is 23.5 Å². The van der Waals surface area contributed by atoms with E-state index in [4.69, 9.17) is 17.0 Å². The largest absolute Gasteiger partial charge is 0.493 e. The summed E-state index contributed by atoms with van der Waals surface area (Å²) in [5.74, 6) is 0.521. The van der Waals surface area contributed by atoms with Crippen molar-refractivity contribution in [2.75, 3.05) is 17.2 Å². The molecule has 0 saturated carbocycles. The molecule has 3 aromatic carbocycles. The standard InChI is InChI=1S/C27H29N3O3S/c1-18(2)16-17-33-24-11-7-6-10-23(24)26(32)30-27(34)29-21-14-12-20(13-15-21)28-25(31)22-9-5-4-8-19(22)3/h4-15,18H,16-17H2,1-3H3,(H,28,31)(H2,29,30,32,34). The number of para-hydroxylation sites is 1. The van der Waals surface area contributed by atoms with Gasteiger partial charge in [0.2, 0.25) is 0 Å². The maximum absolute atomic E-state index is 12.7. The minimum absolute atomic E-state index is 0.165. The van der Waals surface area contributed by atoms with Crippen molar-refractivity contribution in [3.8, 4) is 5.75 Å². The molecular formula is C27H29N3O3S. The lowest BCUT2D eigenvalue weighted by Crippen LogP contribution is -2.34. The number of aryl methyl sites for hydroxylation is 1. The van der Waals surface area contributed by atoms with Gasteiger partial charge in [-0.25, -0.2) is 0 Å². The molecule has 0 aromatic heterocycles. The van der Waals surface area contributed by atoms with Gasteiger partial charge in [0.05, 0.1) is 12.2 Å². The molecule has 7 heteroatoms. The van der Waals surface area contributed by atoms with Gasteiger partial charge in [0.1, 0.15) is 5.75 Å². The average Bonchev–Trinajstić information content (AvgIpc) is 2.80. The van der Waals surface area contributed by atoms with Crippen LogP contribution in [0.1, 0.15) is 46.5 Å². The maximum Gasteiger partial charge on any atom is 0.261 e. The Bertz CT molecular complexity index is 1160. The molecule has 0 aliphatic carbocycles. The van der Waals surface area contributed by atoms with Crippen LogP contribution >= 0.6 is 12.2 Å². The van der Waals surface area contributed by atoms with E-state index in [1.165, 1.54) is 0 Å². The van der Waals surface area contributed by atoms with Crippen LogP contribution in [0.2, 0.25) is 0 Å². The summed E-state index contributed by atoms with van der Waals surface area (Å²) in [5.41, 5.74) is 3.29. The van der Waals surface area contributed by atoms with Crippen molar-refractivity contribution < 1.29 is 14.3 Å². The average molecular weight is 476 g/mol. The molecule has 0 aliphatic heterocycles. The molecule has 3 rings (SSSR count). The molecule has 0 aliphatic rings. The molecule has 3 N–H and O–H groups in total. The molecule has 0 unspecified atom stereocenters. The molecule has 0 spiro atoms. The van der Waals surface area contributed by atoms with Crippen molar-refractivity contribution in [1.29, 1.82) is 0 Å². The summed E-state index contributed by atoms with van der Waals surface area (Å²) < 4.78 is 5.79. The fourth-order valence-electron chi connectivity index (χ4n) is 3.18. The zero-order valence-corrected chi connectivity index (χ0v) is 20.4. The molecule has 0 atom stereocenters. The topological polar surface area (TPSA) is 79.5 Å². The van der Waals surface area contributed by atoms with E-state index in [1.807, 2.05) is 31.2 Å². The summed E-state index contributed by atoms with van der Waals surface area (Å²) >= 11 is 5.30. The Hall–Kier alpha value is -3.71. The van der Waals surface area contributed by atoms with Gasteiger partial charge in [0.25, 0.3) is 11.8 Å². The SMILES string of the molecule is Cc1ccccc1C(=O)Nc1ccc(NC(=S)NC(=O)c2ccccc2OCCC(C)C)cc1. The number of hydrogen-bond acceptors (Lipinski definition) is 4. The highest BCUT2D eigenvalue weighted by Gasteiger charge is 2.14. The van der Waals surface area contributed by atoms with Crippen LogP contribution in [0.15, 0.2) is 72.8 Å². The first-order valence-electron chi connectivity index (χ1n) is 11.1. The molecule has 6 nitrogen and oxygen atoms in total. The Morgan fingerprint density at radius 2 is 1.41 bits per heavy atom. The first-order valence-corrected chi connectivity index (χ1v) is 11.6. The van der Waals surface area contributed by atoms with Crippen LogP contribution in [0.3, 0.4) is 0 Å². The number of anilines is 2. The number of benzene rings is 3. The van der Waals surface area contributed by atoms with Gasteiger partial charge in [0, 0.05) is 16.9 Å². The zero-order valence-electron chi connectivity index (χ0n) is 19.6. The lowest BCUT2D eigenvalue weighted by Gasteiger charge is -2.14. The van der Waals surface area contributed by atoms with E-state index in [2.05, 4.69) is 29.8 Å². The van der Waals surface area contributed by atoms with Gasteiger partial charge in [0.15, 0.2) is 5.11 Å². The van der Waals surface area contributed by atoms with Crippen LogP contribution in [-0.2, 0) is 0 Å². The lowest BCUT2D eigenvalue weighted by molar-refractivity contribution is 0.0972. The zero-order chi connectivity index (χ0) is 24.5. The summed E-state index contributed by atoms with van der Waals surface area (Å²) in [5, 5.41) is 8.72. The summed E-state index contributed by atoms with van der Waals surface area (Å²) in [6.45, 7) is 6.68. The third kappa shape index (κ3) is 7.15. The predicted octanol–water partition coefficient (Wildman–Crippen LogP) is 5.80. The molecule has 0 fully saturated rings. The van der Waals surface area contributed by atoms with E-state index in [0.717, 1.165) is 12.0 Å². The van der Waals surface area contributed by atoms with E-state index in [-0.39, 0.29) is 16.9 Å². The molecule has 3 aromatic rings. The third-order valence-corrected chi connectivity index (χ3v) is 5.31. The monoisotopic (exact) mass is 475 g/mol. The second-order valence-corrected chi connectivity index (χ2v) is 8.69. The van der Waals surface area contributed by atoms with E-state index in [1.54, 1.807) is 48.5 Å². The molecule has 176 valence electrons. The fourth-order valence-corrected chi connectivity index (χ4v) is 3.39. The maximum atomic E-state index is 12.7. The molecule has 34 heavy (non-hydrogen) atoms. The van der Waals surface area contributed by atoms with Gasteiger partial charge in [-0.15, -0.1) is 0 Å². The van der Waals surface area contributed by atoms with Gasteiger partial charge in [-0.05, 0) is 79.5 Å². The normalized spacial score (nSPS) is 10.5. The Labute approximate surface area is 205 Å². The van der Waals surface area contributed by atoms with Crippen molar-refractivity contribution in [3.63, 3.8) is 0 Å². The van der Waals surface area contributed by atoms with Gasteiger partial charge in [-0.1, -0.05) is 44.2 Å². The Morgan fingerprint density at radius 3 is 2.06 bits per heavy atom. The Balaban J connectivity index is 1.56. The number of thiocarbonyl (C=S) groups is 1. The lowest BCUT2D eigenvalue weighted by atomic mass is 10.1. The number of carbonyl (C=O) groups is 2. The summed E-state index contributed by atoms with van der Waals surface area (Å²) in [7, 11) is 0.